The zero-order valence-electron chi connectivity index (χ0n) is 31.9. The van der Waals surface area contributed by atoms with E-state index in [1.54, 1.807) is 17.4 Å². The molecular weight excluding hydrogens is 709 g/mol. The molecule has 0 aliphatic heterocycles. The van der Waals surface area contributed by atoms with Crippen molar-refractivity contribution in [1.82, 2.24) is 0 Å². The molecule has 0 fully saturated rings. The van der Waals surface area contributed by atoms with E-state index in [1.165, 1.54) is 55.9 Å². The molecule has 5 rings (SSSR count). The monoisotopic (exact) mass is 760 g/mol. The summed E-state index contributed by atoms with van der Waals surface area (Å²) in [6.45, 7) is 10.4. The minimum atomic E-state index is -1.22. The maximum atomic E-state index is 11.3. The van der Waals surface area contributed by atoms with Crippen LogP contribution in [0, 0.1) is 23.2 Å². The first-order chi connectivity index (χ1) is 26.3. The van der Waals surface area contributed by atoms with Crippen LogP contribution in [0.5, 0.6) is 11.5 Å². The fourth-order valence-electron chi connectivity index (χ4n) is 6.30. The zero-order chi connectivity index (χ0) is 38.3. The van der Waals surface area contributed by atoms with Crippen molar-refractivity contribution in [3.8, 4) is 37.8 Å². The van der Waals surface area contributed by atoms with Crippen LogP contribution < -0.4 is 14.4 Å². The van der Waals surface area contributed by atoms with Gasteiger partial charge in [-0.1, -0.05) is 78.4 Å². The van der Waals surface area contributed by atoms with Crippen molar-refractivity contribution in [2.24, 2.45) is 11.8 Å². The molecule has 0 bridgehead atoms. The van der Waals surface area contributed by atoms with Crippen LogP contribution in [0.3, 0.4) is 0 Å². The number of carboxylic acid groups (broad SMARTS) is 1. The van der Waals surface area contributed by atoms with Gasteiger partial charge < -0.3 is 19.5 Å². The van der Waals surface area contributed by atoms with E-state index < -0.39 is 5.97 Å². The summed E-state index contributed by atoms with van der Waals surface area (Å²) >= 11 is 3.16. The summed E-state index contributed by atoms with van der Waals surface area (Å²) < 4.78 is 12.5. The quantitative estimate of drug-likeness (QED) is 0.0592. The lowest BCUT2D eigenvalue weighted by atomic mass is 10.0. The highest BCUT2D eigenvalue weighted by Crippen LogP contribution is 2.41. The molecule has 0 saturated carbocycles. The van der Waals surface area contributed by atoms with Crippen LogP contribution in [-0.2, 0) is 4.79 Å². The number of hydrogen-bond donors (Lipinski definition) is 1. The predicted octanol–water partition coefficient (Wildman–Crippen LogP) is 13.8. The number of nitrogens with zero attached hydrogens (tertiary/aromatic N) is 2. The van der Waals surface area contributed by atoms with Crippen LogP contribution in [-0.4, -0.2) is 24.3 Å². The Balaban J connectivity index is 1.37. The summed E-state index contributed by atoms with van der Waals surface area (Å²) in [4.78, 5) is 17.5. The number of carboxylic acids is 1. The molecule has 0 aliphatic rings. The third-order valence-electron chi connectivity index (χ3n) is 9.77. The number of ether oxygens (including phenoxy) is 2. The summed E-state index contributed by atoms with van der Waals surface area (Å²) in [5, 5.41) is 18.4. The molecule has 2 heterocycles. The summed E-state index contributed by atoms with van der Waals surface area (Å²) in [6, 6.07) is 35.2. The van der Waals surface area contributed by atoms with Crippen LogP contribution in [0.4, 0.5) is 17.1 Å². The number of nitriles is 1. The SMILES string of the molecule is CCCCC(CC)COc1ccc(N(c2ccc(OCC(CC)CCCC)cc2)c2ccc(-c3ccc(-c4ccc(/C=C(/C#N)C(=O)O)s4)s3)cc2)cc1. The Hall–Kier alpha value is -4.84. The summed E-state index contributed by atoms with van der Waals surface area (Å²) in [6.07, 6.45) is 10.9. The van der Waals surface area contributed by atoms with Crippen LogP contribution in [0.2, 0.25) is 0 Å². The molecule has 0 radical (unpaired) electrons. The number of benzene rings is 3. The van der Waals surface area contributed by atoms with Gasteiger partial charge in [-0.25, -0.2) is 4.79 Å². The molecule has 0 aliphatic carbocycles. The third-order valence-corrected chi connectivity index (χ3v) is 12.1. The van der Waals surface area contributed by atoms with E-state index in [-0.39, 0.29) is 5.57 Å². The third kappa shape index (κ3) is 11.1. The molecule has 5 aromatic rings. The van der Waals surface area contributed by atoms with Crippen molar-refractivity contribution < 1.29 is 19.4 Å². The maximum absolute atomic E-state index is 11.3. The van der Waals surface area contributed by atoms with Crippen molar-refractivity contribution in [2.45, 2.75) is 79.1 Å². The molecule has 282 valence electrons. The standard InChI is InChI=1S/C46H52N2O4S2/c1-5-9-11-33(7-3)31-51-40-21-17-38(18-22-40)48(39-19-23-41(24-20-39)52-32-34(8-4)12-10-6-2)37-15-13-35(14-16-37)43-27-28-45(54-43)44-26-25-42(53-44)29-36(30-47)46(49)50/h13-29,33-34H,5-12,31-32H2,1-4H3,(H,49,50)/b36-29-. The van der Waals surface area contributed by atoms with E-state index in [9.17, 15) is 9.90 Å². The molecule has 2 atom stereocenters. The predicted molar refractivity (Wildman–Crippen MR) is 227 cm³/mol. The Kier molecular flexibility index (Phi) is 15.4. The summed E-state index contributed by atoms with van der Waals surface area (Å²) in [5.41, 5.74) is 3.95. The Bertz CT molecular complexity index is 1910. The lowest BCUT2D eigenvalue weighted by Gasteiger charge is -2.26. The maximum Gasteiger partial charge on any atom is 0.346 e. The number of thiophene rings is 2. The number of unbranched alkanes of at least 4 members (excludes halogenated alkanes) is 2. The largest absolute Gasteiger partial charge is 0.493 e. The normalized spacial score (nSPS) is 12.5. The van der Waals surface area contributed by atoms with Crippen LogP contribution in [0.25, 0.3) is 26.3 Å². The van der Waals surface area contributed by atoms with Crippen LogP contribution >= 0.6 is 22.7 Å². The van der Waals surface area contributed by atoms with Crippen molar-refractivity contribution in [3.05, 3.63) is 108 Å². The molecule has 0 saturated heterocycles. The first-order valence-corrected chi connectivity index (χ1v) is 20.9. The first kappa shape index (κ1) is 40.3. The molecule has 8 heteroatoms. The number of carbonyl (C=O) groups is 1. The number of hydrogen-bond acceptors (Lipinski definition) is 7. The second-order valence-corrected chi connectivity index (χ2v) is 15.9. The Morgan fingerprint density at radius 2 is 1.15 bits per heavy atom. The van der Waals surface area contributed by atoms with Gasteiger partial charge in [-0.3, -0.25) is 0 Å². The lowest BCUT2D eigenvalue weighted by molar-refractivity contribution is -0.132. The zero-order valence-corrected chi connectivity index (χ0v) is 33.6. The van der Waals surface area contributed by atoms with E-state index in [0.29, 0.717) is 11.8 Å². The van der Waals surface area contributed by atoms with Gasteiger partial charge in [0.25, 0.3) is 0 Å². The highest BCUT2D eigenvalue weighted by molar-refractivity contribution is 7.24. The van der Waals surface area contributed by atoms with Gasteiger partial charge in [0.1, 0.15) is 23.1 Å². The van der Waals surface area contributed by atoms with E-state index in [0.717, 1.165) is 79.7 Å². The molecule has 2 aromatic heterocycles. The number of anilines is 3. The Labute approximate surface area is 329 Å². The molecule has 0 amide bonds. The molecule has 0 spiro atoms. The molecule has 6 nitrogen and oxygen atoms in total. The average Bonchev–Trinajstić information content (AvgIpc) is 3.89. The summed E-state index contributed by atoms with van der Waals surface area (Å²) in [5.74, 6) is 1.69. The molecule has 54 heavy (non-hydrogen) atoms. The van der Waals surface area contributed by atoms with Gasteiger partial charge in [0.15, 0.2) is 0 Å². The van der Waals surface area contributed by atoms with E-state index in [1.807, 2.05) is 12.1 Å². The van der Waals surface area contributed by atoms with Gasteiger partial charge in [0.05, 0.1) is 13.2 Å². The number of aliphatic carboxylic acids is 1. The smallest absolute Gasteiger partial charge is 0.346 e. The van der Waals surface area contributed by atoms with Gasteiger partial charge in [0.2, 0.25) is 0 Å². The van der Waals surface area contributed by atoms with Gasteiger partial charge in [-0.2, -0.15) is 5.26 Å². The van der Waals surface area contributed by atoms with Crippen LogP contribution in [0.15, 0.2) is 103 Å². The second-order valence-electron chi connectivity index (χ2n) is 13.7. The molecular formula is C46H52N2O4S2. The van der Waals surface area contributed by atoms with Crippen molar-refractivity contribution in [1.29, 1.82) is 5.26 Å². The van der Waals surface area contributed by atoms with Crippen LogP contribution in [0.1, 0.15) is 83.9 Å². The van der Waals surface area contributed by atoms with Crippen molar-refractivity contribution in [3.63, 3.8) is 0 Å². The van der Waals surface area contributed by atoms with E-state index in [4.69, 9.17) is 14.7 Å². The topological polar surface area (TPSA) is 82.8 Å². The summed E-state index contributed by atoms with van der Waals surface area (Å²) in [7, 11) is 0. The Morgan fingerprint density at radius 3 is 1.61 bits per heavy atom. The van der Waals surface area contributed by atoms with Gasteiger partial charge in [-0.15, -0.1) is 22.7 Å². The highest BCUT2D eigenvalue weighted by Gasteiger charge is 2.16. The first-order valence-electron chi connectivity index (χ1n) is 19.3. The molecule has 2 unspecified atom stereocenters. The van der Waals surface area contributed by atoms with E-state index >= 15 is 0 Å². The minimum Gasteiger partial charge on any atom is -0.493 e. The second kappa shape index (κ2) is 20.6. The van der Waals surface area contributed by atoms with Gasteiger partial charge in [0, 0.05) is 36.6 Å². The Morgan fingerprint density at radius 1 is 0.685 bits per heavy atom. The van der Waals surface area contributed by atoms with Crippen molar-refractivity contribution >= 4 is 51.8 Å². The fraction of sp³-hybridized carbons (Fsp3) is 0.348. The number of rotatable bonds is 21. The lowest BCUT2D eigenvalue weighted by Crippen LogP contribution is -2.12. The average molecular weight is 761 g/mol. The molecule has 3 aromatic carbocycles. The van der Waals surface area contributed by atoms with Gasteiger partial charge >= 0.3 is 5.97 Å². The fourth-order valence-corrected chi connectivity index (χ4v) is 8.35. The minimum absolute atomic E-state index is 0.274. The highest BCUT2D eigenvalue weighted by atomic mass is 32.1. The van der Waals surface area contributed by atoms with Crippen molar-refractivity contribution in [2.75, 3.05) is 18.1 Å². The molecule has 1 N–H and O–H groups in total. The van der Waals surface area contributed by atoms with Gasteiger partial charge in [-0.05, 0) is 121 Å². The van der Waals surface area contributed by atoms with E-state index in [2.05, 4.69) is 118 Å².